The van der Waals surface area contributed by atoms with Crippen molar-refractivity contribution in [1.29, 1.82) is 0 Å². The standard InChI is InChI=1S/C11H9ClFNO2/c12-7-3-1-4-8-9(7)10(15)11(16)14(8)6-2-5-13/h1,3-4H,2,5-6H2. The first kappa shape index (κ1) is 11.1. The maximum Gasteiger partial charge on any atom is 0.299 e. The van der Waals surface area contributed by atoms with Gasteiger partial charge in [0.25, 0.3) is 11.7 Å². The fraction of sp³-hybridized carbons (Fsp3) is 0.273. The van der Waals surface area contributed by atoms with E-state index in [1.807, 2.05) is 0 Å². The summed E-state index contributed by atoms with van der Waals surface area (Å²) < 4.78 is 12.1. The Bertz CT molecular complexity index is 461. The highest BCUT2D eigenvalue weighted by Gasteiger charge is 2.36. The number of carbonyl (C=O) groups excluding carboxylic acids is 2. The highest BCUT2D eigenvalue weighted by molar-refractivity contribution is 6.55. The molecule has 1 aromatic carbocycles. The Hall–Kier alpha value is -1.42. The van der Waals surface area contributed by atoms with Crippen LogP contribution < -0.4 is 4.90 Å². The molecule has 2 rings (SSSR count). The Morgan fingerprint density at radius 1 is 1.31 bits per heavy atom. The van der Waals surface area contributed by atoms with E-state index in [0.29, 0.717) is 5.69 Å². The van der Waals surface area contributed by atoms with Crippen molar-refractivity contribution in [2.24, 2.45) is 0 Å². The number of fused-ring (bicyclic) bond motifs is 1. The zero-order valence-electron chi connectivity index (χ0n) is 8.37. The Morgan fingerprint density at radius 2 is 2.06 bits per heavy atom. The molecule has 0 aliphatic carbocycles. The summed E-state index contributed by atoms with van der Waals surface area (Å²) in [7, 11) is 0. The third kappa shape index (κ3) is 1.59. The number of rotatable bonds is 3. The number of Topliss-reactive ketones (excluding diaryl/α,β-unsaturated/α-hetero) is 1. The number of hydrogen-bond donors (Lipinski definition) is 0. The van der Waals surface area contributed by atoms with Crippen molar-refractivity contribution in [2.45, 2.75) is 6.42 Å². The van der Waals surface area contributed by atoms with Gasteiger partial charge in [0.1, 0.15) is 0 Å². The van der Waals surface area contributed by atoms with Crippen LogP contribution in [0.25, 0.3) is 0 Å². The van der Waals surface area contributed by atoms with Gasteiger partial charge in [0, 0.05) is 6.54 Å². The number of ketones is 1. The number of amides is 1. The molecule has 1 aromatic rings. The van der Waals surface area contributed by atoms with Crippen molar-refractivity contribution in [3.63, 3.8) is 0 Å². The van der Waals surface area contributed by atoms with Gasteiger partial charge in [-0.1, -0.05) is 17.7 Å². The molecule has 3 nitrogen and oxygen atoms in total. The van der Waals surface area contributed by atoms with Crippen LogP contribution in [0.4, 0.5) is 10.1 Å². The first-order chi connectivity index (χ1) is 7.66. The van der Waals surface area contributed by atoms with Crippen molar-refractivity contribution in [3.05, 3.63) is 28.8 Å². The second-order valence-electron chi connectivity index (χ2n) is 3.46. The first-order valence-corrected chi connectivity index (χ1v) is 5.25. The SMILES string of the molecule is O=C1C(=O)N(CCCF)c2cccc(Cl)c21. The Labute approximate surface area is 96.8 Å². The van der Waals surface area contributed by atoms with Crippen LogP contribution >= 0.6 is 11.6 Å². The molecule has 1 aliphatic heterocycles. The molecule has 0 aromatic heterocycles. The molecule has 0 fully saturated rings. The molecule has 0 atom stereocenters. The van der Waals surface area contributed by atoms with E-state index in [0.717, 1.165) is 0 Å². The monoisotopic (exact) mass is 241 g/mol. The van der Waals surface area contributed by atoms with Crippen LogP contribution in [-0.2, 0) is 4.79 Å². The third-order valence-electron chi connectivity index (χ3n) is 2.46. The van der Waals surface area contributed by atoms with Gasteiger partial charge in [0.05, 0.1) is 22.9 Å². The molecule has 0 saturated heterocycles. The van der Waals surface area contributed by atoms with E-state index in [1.54, 1.807) is 18.2 Å². The van der Waals surface area contributed by atoms with Crippen LogP contribution in [0.1, 0.15) is 16.8 Å². The normalized spacial score (nSPS) is 14.5. The smallest absolute Gasteiger partial charge is 0.299 e. The van der Waals surface area contributed by atoms with E-state index in [1.165, 1.54) is 4.90 Å². The number of carbonyl (C=O) groups is 2. The van der Waals surface area contributed by atoms with E-state index in [2.05, 4.69) is 0 Å². The van der Waals surface area contributed by atoms with Gasteiger partial charge in [0.2, 0.25) is 0 Å². The van der Waals surface area contributed by atoms with E-state index in [9.17, 15) is 14.0 Å². The minimum atomic E-state index is -0.628. The van der Waals surface area contributed by atoms with Gasteiger partial charge in [0.15, 0.2) is 0 Å². The number of nitrogens with zero attached hydrogens (tertiary/aromatic N) is 1. The van der Waals surface area contributed by atoms with Crippen molar-refractivity contribution < 1.29 is 14.0 Å². The quantitative estimate of drug-likeness (QED) is 0.761. The molecule has 0 unspecified atom stereocenters. The second kappa shape index (κ2) is 4.22. The lowest BCUT2D eigenvalue weighted by Gasteiger charge is -2.15. The largest absolute Gasteiger partial charge is 0.305 e. The van der Waals surface area contributed by atoms with Gasteiger partial charge < -0.3 is 4.90 Å². The number of benzene rings is 1. The lowest BCUT2D eigenvalue weighted by atomic mass is 10.1. The van der Waals surface area contributed by atoms with Crippen molar-refractivity contribution in [1.82, 2.24) is 0 Å². The van der Waals surface area contributed by atoms with E-state index < -0.39 is 18.4 Å². The Kier molecular flexibility index (Phi) is 2.92. The zero-order chi connectivity index (χ0) is 11.7. The third-order valence-corrected chi connectivity index (χ3v) is 2.78. The van der Waals surface area contributed by atoms with E-state index in [4.69, 9.17) is 11.6 Å². The molecule has 5 heteroatoms. The molecule has 0 radical (unpaired) electrons. The molecule has 1 heterocycles. The molecule has 0 N–H and O–H groups in total. The molecule has 1 aliphatic rings. The number of alkyl halides is 1. The summed E-state index contributed by atoms with van der Waals surface area (Å²) >= 11 is 5.86. The predicted octanol–water partition coefficient (Wildman–Crippen LogP) is 2.23. The lowest BCUT2D eigenvalue weighted by Crippen LogP contribution is -2.30. The van der Waals surface area contributed by atoms with E-state index in [-0.39, 0.29) is 23.6 Å². The number of hydrogen-bond acceptors (Lipinski definition) is 2. The van der Waals surface area contributed by atoms with Crippen molar-refractivity contribution in [3.8, 4) is 0 Å². The molecule has 0 spiro atoms. The van der Waals surface area contributed by atoms with Crippen LogP contribution in [0.2, 0.25) is 5.02 Å². The molecule has 84 valence electrons. The van der Waals surface area contributed by atoms with Crippen molar-refractivity contribution in [2.75, 3.05) is 18.1 Å². The predicted molar refractivity (Wildman–Crippen MR) is 58.7 cm³/mol. The summed E-state index contributed by atoms with van der Waals surface area (Å²) in [5.41, 5.74) is 0.712. The van der Waals surface area contributed by atoms with Crippen molar-refractivity contribution >= 4 is 29.0 Å². The highest BCUT2D eigenvalue weighted by Crippen LogP contribution is 2.33. The molecule has 0 bridgehead atoms. The van der Waals surface area contributed by atoms with Crippen LogP contribution in [0.3, 0.4) is 0 Å². The van der Waals surface area contributed by atoms with Crippen LogP contribution in [0.5, 0.6) is 0 Å². The minimum absolute atomic E-state index is 0.203. The van der Waals surface area contributed by atoms with Gasteiger partial charge in [-0.3, -0.25) is 14.0 Å². The minimum Gasteiger partial charge on any atom is -0.305 e. The topological polar surface area (TPSA) is 37.4 Å². The van der Waals surface area contributed by atoms with Gasteiger partial charge in [-0.2, -0.15) is 0 Å². The maximum atomic E-state index is 12.1. The lowest BCUT2D eigenvalue weighted by molar-refractivity contribution is -0.114. The summed E-state index contributed by atoms with van der Waals surface area (Å²) in [6.07, 6.45) is 0.213. The molecular weight excluding hydrogens is 233 g/mol. The van der Waals surface area contributed by atoms with E-state index >= 15 is 0 Å². The van der Waals surface area contributed by atoms with Crippen LogP contribution in [0, 0.1) is 0 Å². The molecular formula is C11H9ClFNO2. The van der Waals surface area contributed by atoms with Crippen LogP contribution in [-0.4, -0.2) is 24.9 Å². The molecule has 0 saturated carbocycles. The van der Waals surface area contributed by atoms with Gasteiger partial charge >= 0.3 is 0 Å². The Morgan fingerprint density at radius 3 is 2.75 bits per heavy atom. The van der Waals surface area contributed by atoms with Crippen LogP contribution in [0.15, 0.2) is 18.2 Å². The first-order valence-electron chi connectivity index (χ1n) is 4.87. The average Bonchev–Trinajstić information content (AvgIpc) is 2.51. The van der Waals surface area contributed by atoms with Gasteiger partial charge in [-0.05, 0) is 18.6 Å². The van der Waals surface area contributed by atoms with Gasteiger partial charge in [-0.15, -0.1) is 0 Å². The summed E-state index contributed by atoms with van der Waals surface area (Å²) in [6.45, 7) is -0.317. The fourth-order valence-electron chi connectivity index (χ4n) is 1.74. The maximum absolute atomic E-state index is 12.1. The number of halogens is 2. The zero-order valence-corrected chi connectivity index (χ0v) is 9.13. The molecule has 16 heavy (non-hydrogen) atoms. The fourth-order valence-corrected chi connectivity index (χ4v) is 2.00. The summed E-state index contributed by atoms with van der Waals surface area (Å²) in [5, 5.41) is 0.263. The molecule has 1 amide bonds. The Balaban J connectivity index is 2.42. The second-order valence-corrected chi connectivity index (χ2v) is 3.87. The summed E-state index contributed by atoms with van der Waals surface area (Å²) in [4.78, 5) is 24.5. The number of anilines is 1. The summed E-state index contributed by atoms with van der Waals surface area (Å²) in [5.74, 6) is -1.24. The highest BCUT2D eigenvalue weighted by atomic mass is 35.5. The average molecular weight is 242 g/mol. The summed E-state index contributed by atoms with van der Waals surface area (Å²) in [6, 6.07) is 4.86. The van der Waals surface area contributed by atoms with Gasteiger partial charge in [-0.25, -0.2) is 0 Å².